The molecule has 0 spiro atoms. The topological polar surface area (TPSA) is 65.5 Å². The van der Waals surface area contributed by atoms with Gasteiger partial charge in [0.2, 0.25) is 0 Å². The molecule has 5 nitrogen and oxygen atoms in total. The molecule has 0 bridgehead atoms. The van der Waals surface area contributed by atoms with Gasteiger partial charge in [0, 0.05) is 31.2 Å². The van der Waals surface area contributed by atoms with Gasteiger partial charge in [0.15, 0.2) is 0 Å². The number of carbonyl (C=O) groups is 1. The zero-order chi connectivity index (χ0) is 11.5. The minimum Gasteiger partial charge on any atom is -0.391 e. The Morgan fingerprint density at radius 3 is 3.12 bits per heavy atom. The largest absolute Gasteiger partial charge is 0.391 e. The third kappa shape index (κ3) is 2.30. The summed E-state index contributed by atoms with van der Waals surface area (Å²) < 4.78 is 0. The van der Waals surface area contributed by atoms with E-state index in [9.17, 15) is 9.90 Å². The number of nitrogens with one attached hydrogen (secondary N) is 1. The first-order valence-corrected chi connectivity index (χ1v) is 5.31. The number of anilines is 1. The van der Waals surface area contributed by atoms with Crippen LogP contribution in [-0.2, 0) is 0 Å². The van der Waals surface area contributed by atoms with Crippen molar-refractivity contribution in [3.63, 3.8) is 0 Å². The first kappa shape index (κ1) is 10.9. The van der Waals surface area contributed by atoms with Crippen molar-refractivity contribution < 1.29 is 9.90 Å². The minimum atomic E-state index is -0.385. The number of pyridine rings is 1. The predicted molar refractivity (Wildman–Crippen MR) is 60.2 cm³/mol. The number of β-amino-alcohol motifs (C(OH)–C–C–N with tert-alkyl or cyclic N) is 1. The van der Waals surface area contributed by atoms with E-state index in [1.54, 1.807) is 23.4 Å². The van der Waals surface area contributed by atoms with Crippen molar-refractivity contribution in [3.05, 3.63) is 24.0 Å². The van der Waals surface area contributed by atoms with Gasteiger partial charge in [0.1, 0.15) is 0 Å². The molecule has 1 saturated heterocycles. The summed E-state index contributed by atoms with van der Waals surface area (Å²) in [7, 11) is 0. The van der Waals surface area contributed by atoms with Gasteiger partial charge in [-0.2, -0.15) is 0 Å². The fraction of sp³-hybridized carbons (Fsp3) is 0.455. The molecule has 0 unspecified atom stereocenters. The number of urea groups is 1. The lowest BCUT2D eigenvalue weighted by molar-refractivity contribution is 0.176. The van der Waals surface area contributed by atoms with E-state index >= 15 is 0 Å². The van der Waals surface area contributed by atoms with Crippen molar-refractivity contribution in [2.75, 3.05) is 18.4 Å². The molecule has 5 heteroatoms. The average molecular weight is 221 g/mol. The van der Waals surface area contributed by atoms with Gasteiger partial charge in [-0.15, -0.1) is 0 Å². The number of nitrogens with zero attached hydrogens (tertiary/aromatic N) is 2. The first-order valence-electron chi connectivity index (χ1n) is 5.31. The highest BCUT2D eigenvalue weighted by atomic mass is 16.3. The van der Waals surface area contributed by atoms with Crippen LogP contribution in [0.4, 0.5) is 10.5 Å². The molecule has 1 atom stereocenters. The molecular weight excluding hydrogens is 206 g/mol. The van der Waals surface area contributed by atoms with Gasteiger partial charge in [-0.05, 0) is 25.0 Å². The standard InChI is InChI=1S/C11H15N3O2/c1-8-6-12-4-2-10(8)13-11(16)14-5-3-9(15)7-14/h2,4,6,9,15H,3,5,7H2,1H3,(H,12,13,16)/t9-/m1/s1. The van der Waals surface area contributed by atoms with E-state index in [0.29, 0.717) is 19.5 Å². The van der Waals surface area contributed by atoms with Crippen molar-refractivity contribution in [3.8, 4) is 0 Å². The summed E-state index contributed by atoms with van der Waals surface area (Å²) in [6, 6.07) is 1.60. The monoisotopic (exact) mass is 221 g/mol. The van der Waals surface area contributed by atoms with E-state index in [4.69, 9.17) is 0 Å². The summed E-state index contributed by atoms with van der Waals surface area (Å²) >= 11 is 0. The predicted octanol–water partition coefficient (Wildman–Crippen LogP) is 0.989. The number of likely N-dealkylation sites (tertiary alicyclic amines) is 1. The second-order valence-corrected chi connectivity index (χ2v) is 4.01. The van der Waals surface area contributed by atoms with E-state index < -0.39 is 0 Å². The second-order valence-electron chi connectivity index (χ2n) is 4.01. The summed E-state index contributed by atoms with van der Waals surface area (Å²) in [6.45, 7) is 2.91. The van der Waals surface area contributed by atoms with Crippen molar-refractivity contribution in [2.24, 2.45) is 0 Å². The van der Waals surface area contributed by atoms with Crippen LogP contribution < -0.4 is 5.32 Å². The lowest BCUT2D eigenvalue weighted by Gasteiger charge is -2.17. The Morgan fingerprint density at radius 1 is 1.69 bits per heavy atom. The number of carbonyl (C=O) groups excluding carboxylic acids is 1. The fourth-order valence-corrected chi connectivity index (χ4v) is 1.73. The highest BCUT2D eigenvalue weighted by Crippen LogP contribution is 2.15. The molecule has 16 heavy (non-hydrogen) atoms. The van der Waals surface area contributed by atoms with Gasteiger partial charge in [-0.3, -0.25) is 4.98 Å². The number of aryl methyl sites for hydroxylation is 1. The maximum Gasteiger partial charge on any atom is 0.321 e. The second kappa shape index (κ2) is 4.49. The van der Waals surface area contributed by atoms with E-state index in [2.05, 4.69) is 10.3 Å². The number of aromatic nitrogens is 1. The van der Waals surface area contributed by atoms with Crippen LogP contribution in [0.5, 0.6) is 0 Å². The highest BCUT2D eigenvalue weighted by molar-refractivity contribution is 5.90. The van der Waals surface area contributed by atoms with Crippen LogP contribution >= 0.6 is 0 Å². The lowest BCUT2D eigenvalue weighted by Crippen LogP contribution is -2.33. The van der Waals surface area contributed by atoms with Crippen LogP contribution in [-0.4, -0.2) is 40.2 Å². The Morgan fingerprint density at radius 2 is 2.50 bits per heavy atom. The van der Waals surface area contributed by atoms with Gasteiger partial charge < -0.3 is 15.3 Å². The first-order chi connectivity index (χ1) is 7.66. The molecule has 2 N–H and O–H groups in total. The van der Waals surface area contributed by atoms with Gasteiger partial charge in [-0.1, -0.05) is 0 Å². The Bertz CT molecular complexity index is 395. The van der Waals surface area contributed by atoms with Crippen LogP contribution in [0.1, 0.15) is 12.0 Å². The molecule has 0 aliphatic carbocycles. The maximum atomic E-state index is 11.8. The average Bonchev–Trinajstić information content (AvgIpc) is 2.68. The molecule has 2 amide bonds. The number of hydrogen-bond donors (Lipinski definition) is 2. The summed E-state index contributed by atoms with van der Waals surface area (Å²) in [5, 5.41) is 12.1. The fourth-order valence-electron chi connectivity index (χ4n) is 1.73. The third-order valence-corrected chi connectivity index (χ3v) is 2.71. The van der Waals surface area contributed by atoms with E-state index in [1.165, 1.54) is 0 Å². The molecule has 2 heterocycles. The minimum absolute atomic E-state index is 0.161. The molecule has 1 aromatic rings. The van der Waals surface area contributed by atoms with Crippen molar-refractivity contribution in [1.29, 1.82) is 0 Å². The van der Waals surface area contributed by atoms with E-state index in [-0.39, 0.29) is 12.1 Å². The Balaban J connectivity index is 2.00. The van der Waals surface area contributed by atoms with E-state index in [1.807, 2.05) is 6.92 Å². The van der Waals surface area contributed by atoms with Crippen molar-refractivity contribution in [1.82, 2.24) is 9.88 Å². The maximum absolute atomic E-state index is 11.8. The smallest absolute Gasteiger partial charge is 0.321 e. The number of rotatable bonds is 1. The molecule has 0 aromatic carbocycles. The van der Waals surface area contributed by atoms with Crippen molar-refractivity contribution >= 4 is 11.7 Å². The quantitative estimate of drug-likeness (QED) is 0.743. The van der Waals surface area contributed by atoms with Crippen LogP contribution in [0.3, 0.4) is 0 Å². The summed E-state index contributed by atoms with van der Waals surface area (Å²) in [6.07, 6.45) is 3.61. The molecular formula is C11H15N3O2. The van der Waals surface area contributed by atoms with Gasteiger partial charge in [-0.25, -0.2) is 4.79 Å². The van der Waals surface area contributed by atoms with Crippen LogP contribution in [0, 0.1) is 6.92 Å². The van der Waals surface area contributed by atoms with Gasteiger partial charge in [0.05, 0.1) is 6.10 Å². The zero-order valence-corrected chi connectivity index (χ0v) is 9.18. The van der Waals surface area contributed by atoms with Crippen LogP contribution in [0.25, 0.3) is 0 Å². The number of hydrogen-bond acceptors (Lipinski definition) is 3. The number of aliphatic hydroxyl groups is 1. The third-order valence-electron chi connectivity index (χ3n) is 2.71. The Kier molecular flexibility index (Phi) is 3.05. The summed E-state index contributed by atoms with van der Waals surface area (Å²) in [5.41, 5.74) is 1.69. The number of aliphatic hydroxyl groups excluding tert-OH is 1. The van der Waals surface area contributed by atoms with Gasteiger partial charge >= 0.3 is 6.03 Å². The molecule has 1 fully saturated rings. The van der Waals surface area contributed by atoms with Crippen LogP contribution in [0.2, 0.25) is 0 Å². The number of amides is 2. The summed E-state index contributed by atoms with van der Waals surface area (Å²) in [5.74, 6) is 0. The molecule has 1 aliphatic heterocycles. The molecule has 0 radical (unpaired) electrons. The summed E-state index contributed by atoms with van der Waals surface area (Å²) in [4.78, 5) is 17.4. The molecule has 0 saturated carbocycles. The molecule has 1 aliphatic rings. The normalized spacial score (nSPS) is 19.9. The zero-order valence-electron chi connectivity index (χ0n) is 9.18. The van der Waals surface area contributed by atoms with E-state index in [0.717, 1.165) is 11.3 Å². The Labute approximate surface area is 94.1 Å². The lowest BCUT2D eigenvalue weighted by atomic mass is 10.2. The Hall–Kier alpha value is -1.62. The molecule has 1 aromatic heterocycles. The highest BCUT2D eigenvalue weighted by Gasteiger charge is 2.24. The van der Waals surface area contributed by atoms with Gasteiger partial charge in [0.25, 0.3) is 0 Å². The molecule has 86 valence electrons. The SMILES string of the molecule is Cc1cnccc1NC(=O)N1CC[C@@H](O)C1. The van der Waals surface area contributed by atoms with Crippen LogP contribution in [0.15, 0.2) is 18.5 Å². The van der Waals surface area contributed by atoms with Crippen molar-refractivity contribution in [2.45, 2.75) is 19.4 Å². The molecule has 2 rings (SSSR count).